The molecular weight excluding hydrogens is 212 g/mol. The lowest BCUT2D eigenvalue weighted by molar-refractivity contribution is -0.145. The molecule has 0 heterocycles. The van der Waals surface area contributed by atoms with Crippen LogP contribution in [0.2, 0.25) is 0 Å². The Balaban J connectivity index is 3.65. The van der Waals surface area contributed by atoms with Crippen molar-refractivity contribution in [2.75, 3.05) is 0 Å². The smallest absolute Gasteiger partial charge is 0.306 e. The molecular formula is C15H28O2. The van der Waals surface area contributed by atoms with E-state index in [0.29, 0.717) is 0 Å². The van der Waals surface area contributed by atoms with Crippen molar-refractivity contribution in [3.05, 3.63) is 12.7 Å². The van der Waals surface area contributed by atoms with Crippen molar-refractivity contribution < 1.29 is 9.90 Å². The number of carbonyl (C=O) groups is 1. The minimum absolute atomic E-state index is 0.0903. The standard InChI is InChI=1S/C15H28O2/c1-5-6-7-8-9-10-11-12-15(3,4)13(2)14(16)17/h5,13H,1,6-12H2,2-4H3,(H,16,17). The lowest BCUT2D eigenvalue weighted by Crippen LogP contribution is -2.28. The number of carboxylic acids is 1. The van der Waals surface area contributed by atoms with Crippen LogP contribution in [0.25, 0.3) is 0 Å². The molecule has 1 atom stereocenters. The first-order chi connectivity index (χ1) is 7.91. The maximum atomic E-state index is 10.9. The summed E-state index contributed by atoms with van der Waals surface area (Å²) in [5.74, 6) is -0.941. The van der Waals surface area contributed by atoms with Crippen LogP contribution in [0, 0.1) is 11.3 Å². The van der Waals surface area contributed by atoms with Crippen LogP contribution in [0.15, 0.2) is 12.7 Å². The zero-order valence-electron chi connectivity index (χ0n) is 11.7. The third-order valence-corrected chi connectivity index (χ3v) is 3.77. The van der Waals surface area contributed by atoms with Crippen molar-refractivity contribution in [2.24, 2.45) is 11.3 Å². The molecule has 0 aromatic rings. The van der Waals surface area contributed by atoms with Crippen LogP contribution in [-0.2, 0) is 4.79 Å². The second-order valence-electron chi connectivity index (χ2n) is 5.64. The molecule has 0 spiro atoms. The predicted molar refractivity (Wildman–Crippen MR) is 73.1 cm³/mol. The van der Waals surface area contributed by atoms with E-state index in [9.17, 15) is 4.79 Å². The highest BCUT2D eigenvalue weighted by atomic mass is 16.4. The monoisotopic (exact) mass is 240 g/mol. The Bertz CT molecular complexity index is 231. The fraction of sp³-hybridized carbons (Fsp3) is 0.800. The molecule has 0 aromatic heterocycles. The fourth-order valence-electron chi connectivity index (χ4n) is 1.95. The SMILES string of the molecule is C=CCCCCCCCC(C)(C)C(C)C(=O)O. The van der Waals surface area contributed by atoms with E-state index in [1.165, 1.54) is 25.7 Å². The molecule has 1 N–H and O–H groups in total. The van der Waals surface area contributed by atoms with Gasteiger partial charge in [0.1, 0.15) is 0 Å². The molecule has 2 heteroatoms. The Labute approximate surface area is 106 Å². The number of unbranched alkanes of at least 4 members (excludes halogenated alkanes) is 5. The van der Waals surface area contributed by atoms with Crippen LogP contribution in [-0.4, -0.2) is 11.1 Å². The molecule has 0 aliphatic rings. The molecule has 0 saturated heterocycles. The van der Waals surface area contributed by atoms with Crippen LogP contribution in [0.4, 0.5) is 0 Å². The number of carboxylic acid groups (broad SMARTS) is 1. The molecule has 17 heavy (non-hydrogen) atoms. The van der Waals surface area contributed by atoms with Crippen molar-refractivity contribution in [2.45, 2.75) is 65.7 Å². The molecule has 2 nitrogen and oxygen atoms in total. The van der Waals surface area contributed by atoms with E-state index in [1.54, 1.807) is 0 Å². The largest absolute Gasteiger partial charge is 0.481 e. The van der Waals surface area contributed by atoms with E-state index in [1.807, 2.05) is 13.0 Å². The van der Waals surface area contributed by atoms with Gasteiger partial charge in [0.2, 0.25) is 0 Å². The average molecular weight is 240 g/mol. The van der Waals surface area contributed by atoms with Crippen molar-refractivity contribution in [1.82, 2.24) is 0 Å². The van der Waals surface area contributed by atoms with Crippen molar-refractivity contribution in [1.29, 1.82) is 0 Å². The highest BCUT2D eigenvalue weighted by molar-refractivity contribution is 5.70. The van der Waals surface area contributed by atoms with Gasteiger partial charge < -0.3 is 5.11 Å². The lowest BCUT2D eigenvalue weighted by Gasteiger charge is -2.28. The van der Waals surface area contributed by atoms with Gasteiger partial charge in [-0.05, 0) is 24.7 Å². The van der Waals surface area contributed by atoms with Gasteiger partial charge >= 0.3 is 5.97 Å². The normalized spacial score (nSPS) is 13.4. The summed E-state index contributed by atoms with van der Waals surface area (Å²) < 4.78 is 0. The molecule has 1 unspecified atom stereocenters. The van der Waals surface area contributed by atoms with Gasteiger partial charge in [-0.25, -0.2) is 0 Å². The third kappa shape index (κ3) is 7.19. The summed E-state index contributed by atoms with van der Waals surface area (Å²) >= 11 is 0. The van der Waals surface area contributed by atoms with Gasteiger partial charge in [-0.2, -0.15) is 0 Å². The topological polar surface area (TPSA) is 37.3 Å². The molecule has 100 valence electrons. The van der Waals surface area contributed by atoms with E-state index in [0.717, 1.165) is 19.3 Å². The first-order valence-corrected chi connectivity index (χ1v) is 6.75. The van der Waals surface area contributed by atoms with Crippen molar-refractivity contribution in [3.8, 4) is 0 Å². The molecule has 0 aliphatic heterocycles. The minimum atomic E-state index is -0.680. The highest BCUT2D eigenvalue weighted by Crippen LogP contribution is 2.32. The van der Waals surface area contributed by atoms with Crippen LogP contribution in [0.3, 0.4) is 0 Å². The number of aliphatic carboxylic acids is 1. The Morgan fingerprint density at radius 1 is 1.24 bits per heavy atom. The van der Waals surface area contributed by atoms with E-state index < -0.39 is 5.97 Å². The lowest BCUT2D eigenvalue weighted by atomic mass is 9.76. The van der Waals surface area contributed by atoms with Gasteiger partial charge in [0, 0.05) is 0 Å². The summed E-state index contributed by atoms with van der Waals surface area (Å²) in [5.41, 5.74) is -0.0903. The van der Waals surface area contributed by atoms with Crippen LogP contribution < -0.4 is 0 Å². The van der Waals surface area contributed by atoms with E-state index >= 15 is 0 Å². The molecule has 0 saturated carbocycles. The molecule has 0 fully saturated rings. The first kappa shape index (κ1) is 16.2. The summed E-state index contributed by atoms with van der Waals surface area (Å²) in [4.78, 5) is 10.9. The van der Waals surface area contributed by atoms with Gasteiger partial charge in [-0.15, -0.1) is 6.58 Å². The molecule has 0 rings (SSSR count). The minimum Gasteiger partial charge on any atom is -0.481 e. The number of hydrogen-bond donors (Lipinski definition) is 1. The fourth-order valence-corrected chi connectivity index (χ4v) is 1.95. The van der Waals surface area contributed by atoms with Gasteiger partial charge in [0.15, 0.2) is 0 Å². The number of hydrogen-bond acceptors (Lipinski definition) is 1. The van der Waals surface area contributed by atoms with Gasteiger partial charge in [-0.3, -0.25) is 4.79 Å². The highest BCUT2D eigenvalue weighted by Gasteiger charge is 2.30. The summed E-state index contributed by atoms with van der Waals surface area (Å²) in [6.45, 7) is 9.64. The zero-order valence-corrected chi connectivity index (χ0v) is 11.7. The number of rotatable bonds is 10. The van der Waals surface area contributed by atoms with E-state index in [2.05, 4.69) is 20.4 Å². The van der Waals surface area contributed by atoms with E-state index in [-0.39, 0.29) is 11.3 Å². The molecule has 0 aliphatic carbocycles. The molecule has 0 amide bonds. The summed E-state index contributed by atoms with van der Waals surface area (Å²) in [6, 6.07) is 0. The second-order valence-corrected chi connectivity index (χ2v) is 5.64. The van der Waals surface area contributed by atoms with Crippen LogP contribution >= 0.6 is 0 Å². The van der Waals surface area contributed by atoms with Crippen LogP contribution in [0.1, 0.15) is 65.7 Å². The van der Waals surface area contributed by atoms with Crippen molar-refractivity contribution >= 4 is 5.97 Å². The molecule has 0 bridgehead atoms. The van der Waals surface area contributed by atoms with E-state index in [4.69, 9.17) is 5.11 Å². The third-order valence-electron chi connectivity index (χ3n) is 3.77. The van der Waals surface area contributed by atoms with Crippen LogP contribution in [0.5, 0.6) is 0 Å². The van der Waals surface area contributed by atoms with Crippen molar-refractivity contribution in [3.63, 3.8) is 0 Å². The summed E-state index contributed by atoms with van der Waals surface area (Å²) in [7, 11) is 0. The Morgan fingerprint density at radius 3 is 2.29 bits per heavy atom. The zero-order chi connectivity index (χ0) is 13.3. The molecule has 0 aromatic carbocycles. The summed E-state index contributed by atoms with van der Waals surface area (Å²) in [6.07, 6.45) is 10.2. The predicted octanol–water partition coefficient (Wildman–Crippen LogP) is 4.65. The Kier molecular flexibility index (Phi) is 7.94. The maximum Gasteiger partial charge on any atom is 0.306 e. The quantitative estimate of drug-likeness (QED) is 0.446. The van der Waals surface area contributed by atoms with Gasteiger partial charge in [0.25, 0.3) is 0 Å². The van der Waals surface area contributed by atoms with Gasteiger partial charge in [-0.1, -0.05) is 52.5 Å². The Hall–Kier alpha value is -0.790. The van der Waals surface area contributed by atoms with Gasteiger partial charge in [0.05, 0.1) is 5.92 Å². The maximum absolute atomic E-state index is 10.9. The second kappa shape index (κ2) is 8.32. The Morgan fingerprint density at radius 2 is 1.76 bits per heavy atom. The first-order valence-electron chi connectivity index (χ1n) is 6.75. The summed E-state index contributed by atoms with van der Waals surface area (Å²) in [5, 5.41) is 9.01. The number of allylic oxidation sites excluding steroid dienone is 1. The molecule has 0 radical (unpaired) electrons. The average Bonchev–Trinajstić information content (AvgIpc) is 2.26.